The van der Waals surface area contributed by atoms with Crippen LogP contribution < -0.4 is 0 Å². The van der Waals surface area contributed by atoms with Gasteiger partial charge in [0.05, 0.1) is 11.8 Å². The number of aliphatic hydroxyl groups excluding tert-OH is 1. The number of hydrogen-bond donors (Lipinski definition) is 1. The molecule has 0 radical (unpaired) electrons. The molecule has 0 aromatic carbocycles. The van der Waals surface area contributed by atoms with Crippen molar-refractivity contribution in [2.45, 2.75) is 78.7 Å². The van der Waals surface area contributed by atoms with E-state index >= 15 is 0 Å². The molecule has 1 N–H and O–H groups in total. The minimum Gasteiger partial charge on any atom is -0.393 e. The second-order valence-electron chi connectivity index (χ2n) is 11.0. The fourth-order valence-corrected chi connectivity index (χ4v) is 7.61. The molecule has 5 rings (SSSR count). The van der Waals surface area contributed by atoms with Crippen molar-refractivity contribution in [1.82, 2.24) is 9.78 Å². The van der Waals surface area contributed by atoms with E-state index < -0.39 is 0 Å². The van der Waals surface area contributed by atoms with Gasteiger partial charge in [0.1, 0.15) is 0 Å². The summed E-state index contributed by atoms with van der Waals surface area (Å²) < 4.78 is 1.91. The van der Waals surface area contributed by atoms with E-state index in [0.29, 0.717) is 23.5 Å². The zero-order valence-electron chi connectivity index (χ0n) is 19.2. The first kappa shape index (κ1) is 20.2. The molecule has 0 saturated heterocycles. The minimum atomic E-state index is -0.215. The van der Waals surface area contributed by atoms with E-state index in [1.807, 2.05) is 18.7 Å². The van der Waals surface area contributed by atoms with Gasteiger partial charge in [0, 0.05) is 23.7 Å². The smallest absolute Gasteiger partial charge is 0.165 e. The summed E-state index contributed by atoms with van der Waals surface area (Å²) in [5, 5.41) is 14.8. The van der Waals surface area contributed by atoms with E-state index in [4.69, 9.17) is 0 Å². The van der Waals surface area contributed by atoms with Crippen molar-refractivity contribution < 1.29 is 9.90 Å². The Morgan fingerprint density at radius 3 is 2.57 bits per heavy atom. The maximum absolute atomic E-state index is 13.6. The molecule has 1 aromatic rings. The number of carbonyl (C=O) groups is 1. The van der Waals surface area contributed by atoms with Crippen LogP contribution in [-0.2, 0) is 11.8 Å². The van der Waals surface area contributed by atoms with Crippen LogP contribution in [0.5, 0.6) is 0 Å². The second-order valence-corrected chi connectivity index (χ2v) is 11.0. The van der Waals surface area contributed by atoms with Crippen LogP contribution in [0.25, 0.3) is 6.08 Å². The number of allylic oxidation sites excluding steroid dienone is 2. The quantitative estimate of drug-likeness (QED) is 0.530. The highest BCUT2D eigenvalue weighted by Crippen LogP contribution is 2.64. The third kappa shape index (κ3) is 2.68. The van der Waals surface area contributed by atoms with E-state index in [9.17, 15) is 9.90 Å². The lowest BCUT2D eigenvalue weighted by atomic mass is 9.48. The van der Waals surface area contributed by atoms with Crippen molar-refractivity contribution in [2.24, 2.45) is 35.6 Å². The molecule has 4 nitrogen and oxygen atoms in total. The predicted molar refractivity (Wildman–Crippen MR) is 119 cm³/mol. The number of rotatable bonds is 1. The van der Waals surface area contributed by atoms with Crippen LogP contribution in [0.1, 0.15) is 75.7 Å². The zero-order valence-corrected chi connectivity index (χ0v) is 19.2. The number of carbonyl (C=O) groups excluding carboxylic acids is 1. The third-order valence-electron chi connectivity index (χ3n) is 9.60. The van der Waals surface area contributed by atoms with Gasteiger partial charge >= 0.3 is 0 Å². The van der Waals surface area contributed by atoms with Gasteiger partial charge in [-0.2, -0.15) is 5.10 Å². The molecule has 0 amide bonds. The highest BCUT2D eigenvalue weighted by atomic mass is 16.3. The standard InChI is InChI=1S/C26H36N2O2/c1-15-21(16(2)28(5)27-15)12-17-13-23-20-7-6-18-14-19(29)8-10-25(18,3)22(20)9-11-26(23,4)24(17)30/h6,12,19-20,22-23,29H,7-11,13-14H2,1-5H3/b17-12-/t19?,20-,22+,23+,25+,26+/m1/s1. The first-order valence-electron chi connectivity index (χ1n) is 11.8. The highest BCUT2D eigenvalue weighted by molar-refractivity contribution is 6.06. The summed E-state index contributed by atoms with van der Waals surface area (Å²) in [7, 11) is 1.97. The van der Waals surface area contributed by atoms with E-state index in [0.717, 1.165) is 67.5 Å². The van der Waals surface area contributed by atoms with E-state index in [1.54, 1.807) is 0 Å². The molecule has 0 spiro atoms. The predicted octanol–water partition coefficient (Wildman–Crippen LogP) is 4.92. The number of ketones is 1. The summed E-state index contributed by atoms with van der Waals surface area (Å²) in [6.45, 7) is 8.81. The Balaban J connectivity index is 1.50. The van der Waals surface area contributed by atoms with E-state index in [-0.39, 0.29) is 16.9 Å². The fraction of sp³-hybridized carbons (Fsp3) is 0.692. The summed E-state index contributed by atoms with van der Waals surface area (Å²) >= 11 is 0. The van der Waals surface area contributed by atoms with Crippen LogP contribution in [0.15, 0.2) is 17.2 Å². The van der Waals surface area contributed by atoms with Crippen LogP contribution in [0.3, 0.4) is 0 Å². The van der Waals surface area contributed by atoms with E-state index in [1.165, 1.54) is 5.57 Å². The first-order valence-corrected chi connectivity index (χ1v) is 11.8. The summed E-state index contributed by atoms with van der Waals surface area (Å²) in [6.07, 6.45) is 11.4. The Hall–Kier alpha value is -1.68. The van der Waals surface area contributed by atoms with Gasteiger partial charge < -0.3 is 5.11 Å². The molecular formula is C26H36N2O2. The van der Waals surface area contributed by atoms with Crippen LogP contribution in [-0.4, -0.2) is 26.8 Å². The van der Waals surface area contributed by atoms with Gasteiger partial charge in [0.15, 0.2) is 5.78 Å². The molecular weight excluding hydrogens is 372 g/mol. The van der Waals surface area contributed by atoms with Gasteiger partial charge in [0.2, 0.25) is 0 Å². The zero-order chi connectivity index (χ0) is 21.4. The first-order chi connectivity index (χ1) is 14.1. The number of hydrogen-bond acceptors (Lipinski definition) is 3. The van der Waals surface area contributed by atoms with Crippen LogP contribution in [0.4, 0.5) is 0 Å². The average Bonchev–Trinajstić information content (AvgIpc) is 3.10. The molecule has 3 fully saturated rings. The molecule has 1 unspecified atom stereocenters. The van der Waals surface area contributed by atoms with Crippen molar-refractivity contribution >= 4 is 11.9 Å². The normalized spacial score (nSPS) is 42.0. The lowest BCUT2D eigenvalue weighted by Crippen LogP contribution is -2.50. The van der Waals surface area contributed by atoms with Gasteiger partial charge in [-0.1, -0.05) is 25.5 Å². The number of aromatic nitrogens is 2. The molecule has 4 heteroatoms. The summed E-state index contributed by atoms with van der Waals surface area (Å²) in [6, 6.07) is 0. The maximum Gasteiger partial charge on any atom is 0.165 e. The number of aryl methyl sites for hydroxylation is 2. The lowest BCUT2D eigenvalue weighted by molar-refractivity contribution is -0.130. The minimum absolute atomic E-state index is 0.164. The average molecular weight is 409 g/mol. The molecule has 162 valence electrons. The maximum atomic E-state index is 13.6. The molecule has 30 heavy (non-hydrogen) atoms. The van der Waals surface area contributed by atoms with Crippen LogP contribution >= 0.6 is 0 Å². The Morgan fingerprint density at radius 2 is 1.87 bits per heavy atom. The highest BCUT2D eigenvalue weighted by Gasteiger charge is 2.59. The third-order valence-corrected chi connectivity index (χ3v) is 9.60. The largest absolute Gasteiger partial charge is 0.393 e. The molecule has 4 aliphatic carbocycles. The molecule has 1 heterocycles. The number of nitrogens with zero attached hydrogens (tertiary/aromatic N) is 2. The summed E-state index contributed by atoms with van der Waals surface area (Å²) in [5.74, 6) is 2.05. The molecule has 6 atom stereocenters. The van der Waals surface area contributed by atoms with E-state index in [2.05, 4.69) is 38.0 Å². The summed E-state index contributed by atoms with van der Waals surface area (Å²) in [4.78, 5) is 13.6. The second kappa shape index (κ2) is 6.66. The SMILES string of the molecule is Cc1nn(C)c(C)c1/C=C1/C[C@H]2[C@@H]3CC=C4CC(O)CC[C@]4(C)[C@H]3CC[C@]2(C)C1=O. The Bertz CT molecular complexity index is 970. The van der Waals surface area contributed by atoms with Gasteiger partial charge in [0.25, 0.3) is 0 Å². The molecule has 1 aromatic heterocycles. The topological polar surface area (TPSA) is 55.1 Å². The Morgan fingerprint density at radius 1 is 1.13 bits per heavy atom. The monoisotopic (exact) mass is 408 g/mol. The van der Waals surface area contributed by atoms with Crippen molar-refractivity contribution in [3.63, 3.8) is 0 Å². The summed E-state index contributed by atoms with van der Waals surface area (Å²) in [5.41, 5.74) is 5.77. The Kier molecular flexibility index (Phi) is 4.49. The van der Waals surface area contributed by atoms with Crippen molar-refractivity contribution in [3.8, 4) is 0 Å². The molecule has 0 bridgehead atoms. The van der Waals surface area contributed by atoms with Crippen molar-refractivity contribution in [1.29, 1.82) is 0 Å². The van der Waals surface area contributed by atoms with Crippen LogP contribution in [0.2, 0.25) is 0 Å². The van der Waals surface area contributed by atoms with Crippen LogP contribution in [0, 0.1) is 42.4 Å². The molecule has 3 saturated carbocycles. The molecule has 4 aliphatic rings. The Labute approximate surface area is 180 Å². The van der Waals surface area contributed by atoms with Gasteiger partial charge in [-0.05, 0) is 93.6 Å². The van der Waals surface area contributed by atoms with Crippen molar-refractivity contribution in [2.75, 3.05) is 0 Å². The lowest BCUT2D eigenvalue weighted by Gasteiger charge is -2.56. The molecule has 0 aliphatic heterocycles. The number of Topliss-reactive ketones (excluding diaryl/α,β-unsaturated/α-hetero) is 1. The van der Waals surface area contributed by atoms with Gasteiger partial charge in [-0.3, -0.25) is 9.48 Å². The number of fused-ring (bicyclic) bond motifs is 5. The fourth-order valence-electron chi connectivity index (χ4n) is 7.61. The van der Waals surface area contributed by atoms with Gasteiger partial charge in [-0.15, -0.1) is 0 Å². The number of aliphatic hydroxyl groups is 1. The van der Waals surface area contributed by atoms with Crippen molar-refractivity contribution in [3.05, 3.63) is 34.2 Å². The van der Waals surface area contributed by atoms with Gasteiger partial charge in [-0.25, -0.2) is 0 Å².